The molecule has 1 aliphatic carbocycles. The van der Waals surface area contributed by atoms with Crippen LogP contribution in [0, 0.1) is 0 Å². The van der Waals surface area contributed by atoms with Gasteiger partial charge in [-0.2, -0.15) is 9.97 Å². The zero-order valence-corrected chi connectivity index (χ0v) is 14.8. The maximum absolute atomic E-state index is 12.4. The quantitative estimate of drug-likeness (QED) is 0.439. The molecule has 2 heterocycles. The molecule has 12 heteroatoms. The van der Waals surface area contributed by atoms with Crippen molar-refractivity contribution < 1.29 is 24.6 Å². The third-order valence-corrected chi connectivity index (χ3v) is 4.26. The molecule has 11 nitrogen and oxygen atoms in total. The summed E-state index contributed by atoms with van der Waals surface area (Å²) in [6.07, 6.45) is 2.58. The second kappa shape index (κ2) is 7.74. The van der Waals surface area contributed by atoms with E-state index in [0.29, 0.717) is 17.0 Å². The minimum Gasteiger partial charge on any atom is -0.481 e. The summed E-state index contributed by atoms with van der Waals surface area (Å²) in [6, 6.07) is -1.22. The van der Waals surface area contributed by atoms with Gasteiger partial charge >= 0.3 is 11.9 Å². The average molecular weight is 397 g/mol. The second-order valence-electron chi connectivity index (χ2n) is 6.17. The van der Waals surface area contributed by atoms with E-state index >= 15 is 0 Å². The summed E-state index contributed by atoms with van der Waals surface area (Å²) in [6.45, 7) is -0.150. The van der Waals surface area contributed by atoms with Crippen LogP contribution in [0.4, 0.5) is 5.82 Å². The van der Waals surface area contributed by atoms with Crippen molar-refractivity contribution in [1.29, 1.82) is 0 Å². The minimum atomic E-state index is -1.29. The van der Waals surface area contributed by atoms with Gasteiger partial charge in [-0.3, -0.25) is 9.59 Å². The number of anilines is 1. The van der Waals surface area contributed by atoms with Crippen molar-refractivity contribution in [2.24, 2.45) is 0 Å². The standard InChI is InChI=1S/C15H17ClN6O5/c16-15-20-12-11(17-6-18-12)13(21-15)22(7-1-2-7)5-9(23)19-8(14(26)27)3-4-10(24)25/h6-8H,1-5H2,(H,19,23)(H,24,25)(H,26,27)(H,17,18,20,21)/t8-/m0/s1. The van der Waals surface area contributed by atoms with Gasteiger partial charge in [0, 0.05) is 12.5 Å². The van der Waals surface area contributed by atoms with Crippen molar-refractivity contribution in [3.63, 3.8) is 0 Å². The number of imidazole rings is 1. The van der Waals surface area contributed by atoms with E-state index in [4.69, 9.17) is 16.7 Å². The number of hydrogen-bond donors (Lipinski definition) is 4. The number of aromatic nitrogens is 4. The molecule has 0 aromatic carbocycles. The zero-order chi connectivity index (χ0) is 19.6. The highest BCUT2D eigenvalue weighted by Gasteiger charge is 2.34. The summed E-state index contributed by atoms with van der Waals surface area (Å²) in [7, 11) is 0. The van der Waals surface area contributed by atoms with Gasteiger partial charge in [0.15, 0.2) is 11.5 Å². The Hall–Kier alpha value is -2.95. The van der Waals surface area contributed by atoms with Crippen LogP contribution in [0.5, 0.6) is 0 Å². The summed E-state index contributed by atoms with van der Waals surface area (Å²) in [5, 5.41) is 20.2. The number of carbonyl (C=O) groups excluding carboxylic acids is 1. The van der Waals surface area contributed by atoms with Crippen molar-refractivity contribution in [2.45, 2.75) is 37.8 Å². The van der Waals surface area contributed by atoms with Gasteiger partial charge in [0.2, 0.25) is 11.2 Å². The first kappa shape index (κ1) is 18.8. The van der Waals surface area contributed by atoms with Crippen molar-refractivity contribution >= 4 is 46.4 Å². The first-order valence-corrected chi connectivity index (χ1v) is 8.60. The maximum atomic E-state index is 12.4. The molecule has 1 atom stereocenters. The lowest BCUT2D eigenvalue weighted by Gasteiger charge is -2.24. The van der Waals surface area contributed by atoms with Crippen LogP contribution in [0.15, 0.2) is 6.33 Å². The number of nitrogens with zero attached hydrogens (tertiary/aromatic N) is 4. The molecule has 144 valence electrons. The third-order valence-electron chi connectivity index (χ3n) is 4.09. The average Bonchev–Trinajstić information content (AvgIpc) is 3.33. The molecule has 0 radical (unpaired) electrons. The number of aromatic amines is 1. The van der Waals surface area contributed by atoms with E-state index in [1.165, 1.54) is 6.33 Å². The van der Waals surface area contributed by atoms with Crippen LogP contribution in [0.1, 0.15) is 25.7 Å². The van der Waals surface area contributed by atoms with E-state index in [2.05, 4.69) is 25.3 Å². The lowest BCUT2D eigenvalue weighted by atomic mass is 10.1. The van der Waals surface area contributed by atoms with Gasteiger partial charge in [0.05, 0.1) is 12.9 Å². The van der Waals surface area contributed by atoms with E-state index in [9.17, 15) is 19.5 Å². The van der Waals surface area contributed by atoms with Gasteiger partial charge in [-0.25, -0.2) is 9.78 Å². The molecule has 3 rings (SSSR count). The Balaban J connectivity index is 1.76. The Morgan fingerprint density at radius 2 is 2.07 bits per heavy atom. The molecule has 1 saturated carbocycles. The summed E-state index contributed by atoms with van der Waals surface area (Å²) in [4.78, 5) is 51.2. The lowest BCUT2D eigenvalue weighted by Crippen LogP contribution is -2.46. The van der Waals surface area contributed by atoms with E-state index < -0.39 is 23.9 Å². The van der Waals surface area contributed by atoms with Crippen molar-refractivity contribution in [3.05, 3.63) is 11.6 Å². The van der Waals surface area contributed by atoms with Gasteiger partial charge in [-0.15, -0.1) is 0 Å². The van der Waals surface area contributed by atoms with Crippen LogP contribution in [0.3, 0.4) is 0 Å². The fourth-order valence-electron chi connectivity index (χ4n) is 2.68. The molecule has 0 spiro atoms. The number of rotatable bonds is 9. The monoisotopic (exact) mass is 396 g/mol. The Bertz CT molecular complexity index is 883. The highest BCUT2D eigenvalue weighted by atomic mass is 35.5. The Kier molecular flexibility index (Phi) is 5.40. The van der Waals surface area contributed by atoms with Gasteiger partial charge in [-0.05, 0) is 30.9 Å². The molecule has 0 unspecified atom stereocenters. The summed E-state index contributed by atoms with van der Waals surface area (Å²) >= 11 is 5.95. The van der Waals surface area contributed by atoms with Crippen molar-refractivity contribution in [2.75, 3.05) is 11.4 Å². The molecule has 0 bridgehead atoms. The number of nitrogens with one attached hydrogen (secondary N) is 2. The van der Waals surface area contributed by atoms with Crippen LogP contribution < -0.4 is 10.2 Å². The van der Waals surface area contributed by atoms with Crippen LogP contribution in [-0.4, -0.2) is 66.6 Å². The van der Waals surface area contributed by atoms with Gasteiger partial charge in [-0.1, -0.05) is 0 Å². The molecule has 2 aromatic heterocycles. The molecular formula is C15H17ClN6O5. The van der Waals surface area contributed by atoms with E-state index in [0.717, 1.165) is 12.8 Å². The predicted molar refractivity (Wildman–Crippen MR) is 93.5 cm³/mol. The zero-order valence-electron chi connectivity index (χ0n) is 14.1. The SMILES string of the molecule is O=C(O)CC[C@H](NC(=O)CN(c1nc(Cl)nc2nc[nH]c12)C1CC1)C(=O)O. The smallest absolute Gasteiger partial charge is 0.326 e. The van der Waals surface area contributed by atoms with Crippen molar-refractivity contribution in [3.8, 4) is 0 Å². The molecule has 0 saturated heterocycles. The first-order valence-electron chi connectivity index (χ1n) is 8.22. The molecule has 1 amide bonds. The highest BCUT2D eigenvalue weighted by molar-refractivity contribution is 6.28. The second-order valence-corrected chi connectivity index (χ2v) is 6.51. The van der Waals surface area contributed by atoms with Crippen LogP contribution >= 0.6 is 11.6 Å². The minimum absolute atomic E-state index is 0.0134. The number of halogens is 1. The van der Waals surface area contributed by atoms with Crippen molar-refractivity contribution in [1.82, 2.24) is 25.3 Å². The fourth-order valence-corrected chi connectivity index (χ4v) is 2.84. The highest BCUT2D eigenvalue weighted by Crippen LogP contribution is 2.33. The Labute approximate surface area is 157 Å². The molecular weight excluding hydrogens is 380 g/mol. The normalized spacial score (nSPS) is 14.7. The maximum Gasteiger partial charge on any atom is 0.326 e. The molecule has 27 heavy (non-hydrogen) atoms. The largest absolute Gasteiger partial charge is 0.481 e. The van der Waals surface area contributed by atoms with Crippen LogP contribution in [0.2, 0.25) is 5.28 Å². The third kappa shape index (κ3) is 4.61. The van der Waals surface area contributed by atoms with E-state index in [1.54, 1.807) is 4.90 Å². The molecule has 1 aliphatic rings. The number of hydrogen-bond acceptors (Lipinski definition) is 7. The first-order chi connectivity index (χ1) is 12.8. The van der Waals surface area contributed by atoms with E-state index in [-0.39, 0.29) is 30.7 Å². The molecule has 4 N–H and O–H groups in total. The summed E-state index contributed by atoms with van der Waals surface area (Å²) in [5.41, 5.74) is 0.890. The van der Waals surface area contributed by atoms with Crippen LogP contribution in [-0.2, 0) is 14.4 Å². The molecule has 2 aromatic rings. The van der Waals surface area contributed by atoms with Gasteiger partial charge in [0.1, 0.15) is 11.6 Å². The number of fused-ring (bicyclic) bond motifs is 1. The van der Waals surface area contributed by atoms with E-state index in [1.807, 2.05) is 0 Å². The van der Waals surface area contributed by atoms with Gasteiger partial charge < -0.3 is 25.4 Å². The number of amides is 1. The predicted octanol–water partition coefficient (Wildman–Crippen LogP) is 0.409. The fraction of sp³-hybridized carbons (Fsp3) is 0.467. The molecule has 0 aliphatic heterocycles. The number of carboxylic acids is 2. The molecule has 1 fully saturated rings. The Morgan fingerprint density at radius 1 is 1.33 bits per heavy atom. The van der Waals surface area contributed by atoms with Crippen LogP contribution in [0.25, 0.3) is 11.2 Å². The summed E-state index contributed by atoms with van der Waals surface area (Å²) < 4.78 is 0. The Morgan fingerprint density at radius 3 is 2.70 bits per heavy atom. The topological polar surface area (TPSA) is 161 Å². The number of H-pyrrole nitrogens is 1. The lowest BCUT2D eigenvalue weighted by molar-refractivity contribution is -0.142. The van der Waals surface area contributed by atoms with Gasteiger partial charge in [0.25, 0.3) is 0 Å². The summed E-state index contributed by atoms with van der Waals surface area (Å²) in [5.74, 6) is -2.56. The number of aliphatic carboxylic acids is 2. The number of carboxylic acid groups (broad SMARTS) is 2. The number of carbonyl (C=O) groups is 3.